The smallest absolute Gasteiger partial charge is 0.231 e. The Hall–Kier alpha value is -2.53. The highest BCUT2D eigenvalue weighted by Crippen LogP contribution is 2.35. The van der Waals surface area contributed by atoms with Crippen molar-refractivity contribution in [1.82, 2.24) is 5.32 Å². The summed E-state index contributed by atoms with van der Waals surface area (Å²) in [4.78, 5) is 12.3. The summed E-state index contributed by atoms with van der Waals surface area (Å²) in [6, 6.07) is 16.0. The number of hydrogen-bond donors (Lipinski definition) is 1. The molecule has 2 aromatic carbocycles. The Balaban J connectivity index is 1.37. The third kappa shape index (κ3) is 5.47. The van der Waals surface area contributed by atoms with Gasteiger partial charge < -0.3 is 19.5 Å². The standard InChI is InChI=1S/C22H27NO4/c1-22(2,18-10-11-19-20(15-18)27-16-26-19)23-21(24)9-6-13-25-14-12-17-7-4-3-5-8-17/h3-5,7-8,10-11,15H,6,9,12-14,16H2,1-2H3,(H,23,24). The Morgan fingerprint density at radius 2 is 1.85 bits per heavy atom. The molecule has 1 aliphatic rings. The molecule has 5 heteroatoms. The maximum atomic E-state index is 12.3. The Kier molecular flexibility index (Phi) is 6.35. The van der Waals surface area contributed by atoms with E-state index in [1.165, 1.54) is 5.56 Å². The summed E-state index contributed by atoms with van der Waals surface area (Å²) < 4.78 is 16.4. The van der Waals surface area contributed by atoms with Gasteiger partial charge in [-0.2, -0.15) is 0 Å². The van der Waals surface area contributed by atoms with Gasteiger partial charge in [0.2, 0.25) is 12.7 Å². The minimum absolute atomic E-state index is 0.0179. The maximum Gasteiger partial charge on any atom is 0.231 e. The van der Waals surface area contributed by atoms with Crippen LogP contribution in [-0.2, 0) is 21.5 Å². The molecule has 0 atom stereocenters. The number of hydrogen-bond acceptors (Lipinski definition) is 4. The lowest BCUT2D eigenvalue weighted by Gasteiger charge is -2.27. The fourth-order valence-electron chi connectivity index (χ4n) is 3.04. The Morgan fingerprint density at radius 1 is 1.07 bits per heavy atom. The van der Waals surface area contributed by atoms with Gasteiger partial charge in [-0.3, -0.25) is 4.79 Å². The first-order chi connectivity index (χ1) is 13.0. The summed E-state index contributed by atoms with van der Waals surface area (Å²) in [6.45, 7) is 5.48. The van der Waals surface area contributed by atoms with Crippen molar-refractivity contribution in [1.29, 1.82) is 0 Å². The van der Waals surface area contributed by atoms with Gasteiger partial charge in [0.05, 0.1) is 12.1 Å². The van der Waals surface area contributed by atoms with Crippen LogP contribution in [0.5, 0.6) is 11.5 Å². The van der Waals surface area contributed by atoms with Crippen LogP contribution >= 0.6 is 0 Å². The van der Waals surface area contributed by atoms with Crippen LogP contribution in [0.2, 0.25) is 0 Å². The minimum atomic E-state index is -0.480. The maximum absolute atomic E-state index is 12.3. The molecule has 1 aliphatic heterocycles. The molecule has 1 N–H and O–H groups in total. The average molecular weight is 369 g/mol. The number of fused-ring (bicyclic) bond motifs is 1. The van der Waals surface area contributed by atoms with Crippen molar-refractivity contribution >= 4 is 5.91 Å². The highest BCUT2D eigenvalue weighted by molar-refractivity contribution is 5.77. The number of amides is 1. The zero-order valence-electron chi connectivity index (χ0n) is 16.0. The molecule has 144 valence electrons. The van der Waals surface area contributed by atoms with Crippen molar-refractivity contribution in [3.63, 3.8) is 0 Å². The molecule has 2 aromatic rings. The zero-order valence-corrected chi connectivity index (χ0v) is 16.0. The van der Waals surface area contributed by atoms with E-state index in [0.29, 0.717) is 26.1 Å². The molecule has 0 bridgehead atoms. The summed E-state index contributed by atoms with van der Waals surface area (Å²) in [7, 11) is 0. The van der Waals surface area contributed by atoms with E-state index in [4.69, 9.17) is 14.2 Å². The van der Waals surface area contributed by atoms with Crippen LogP contribution in [0.3, 0.4) is 0 Å². The van der Waals surface area contributed by atoms with Crippen LogP contribution in [0.4, 0.5) is 0 Å². The van der Waals surface area contributed by atoms with E-state index in [9.17, 15) is 4.79 Å². The molecular weight excluding hydrogens is 342 g/mol. The van der Waals surface area contributed by atoms with Crippen LogP contribution in [0.1, 0.15) is 37.8 Å². The number of ether oxygens (including phenoxy) is 3. The first kappa shape index (κ1) is 19.2. The normalized spacial score (nSPS) is 12.8. The van der Waals surface area contributed by atoms with Crippen LogP contribution in [0.15, 0.2) is 48.5 Å². The van der Waals surface area contributed by atoms with Gasteiger partial charge in [-0.25, -0.2) is 0 Å². The predicted octanol–water partition coefficient (Wildman–Crippen LogP) is 3.81. The number of carbonyl (C=O) groups is 1. The molecule has 0 fully saturated rings. The topological polar surface area (TPSA) is 56.8 Å². The van der Waals surface area contributed by atoms with Gasteiger partial charge in [-0.05, 0) is 49.9 Å². The molecule has 0 aliphatic carbocycles. The predicted molar refractivity (Wildman–Crippen MR) is 104 cm³/mol. The second-order valence-corrected chi connectivity index (χ2v) is 7.19. The summed E-state index contributed by atoms with van der Waals surface area (Å²) >= 11 is 0. The van der Waals surface area contributed by atoms with Gasteiger partial charge >= 0.3 is 0 Å². The van der Waals surface area contributed by atoms with Crippen molar-refractivity contribution < 1.29 is 19.0 Å². The average Bonchev–Trinajstić information content (AvgIpc) is 3.13. The van der Waals surface area contributed by atoms with Crippen molar-refractivity contribution in [3.05, 3.63) is 59.7 Å². The van der Waals surface area contributed by atoms with Gasteiger partial charge in [0.15, 0.2) is 11.5 Å². The van der Waals surface area contributed by atoms with Crippen LogP contribution in [0, 0.1) is 0 Å². The fraction of sp³-hybridized carbons (Fsp3) is 0.409. The summed E-state index contributed by atoms with van der Waals surface area (Å²) in [5, 5.41) is 3.09. The molecule has 0 aromatic heterocycles. The monoisotopic (exact) mass is 369 g/mol. The second kappa shape index (κ2) is 8.91. The molecule has 0 radical (unpaired) electrons. The summed E-state index contributed by atoms with van der Waals surface area (Å²) in [6.07, 6.45) is 2.04. The Morgan fingerprint density at radius 3 is 2.67 bits per heavy atom. The van der Waals surface area contributed by atoms with E-state index in [0.717, 1.165) is 23.5 Å². The number of benzene rings is 2. The molecule has 1 heterocycles. The lowest BCUT2D eigenvalue weighted by molar-refractivity contribution is -0.123. The largest absolute Gasteiger partial charge is 0.454 e. The van der Waals surface area contributed by atoms with Crippen molar-refractivity contribution in [2.24, 2.45) is 0 Å². The molecule has 0 unspecified atom stereocenters. The second-order valence-electron chi connectivity index (χ2n) is 7.19. The SMILES string of the molecule is CC(C)(NC(=O)CCCOCCc1ccccc1)c1ccc2c(c1)OCO2. The van der Waals surface area contributed by atoms with Crippen molar-refractivity contribution in [2.75, 3.05) is 20.0 Å². The molecule has 0 saturated heterocycles. The molecule has 1 amide bonds. The highest BCUT2D eigenvalue weighted by Gasteiger charge is 2.25. The van der Waals surface area contributed by atoms with Gasteiger partial charge in [0, 0.05) is 13.0 Å². The van der Waals surface area contributed by atoms with Gasteiger partial charge in [0.1, 0.15) is 0 Å². The fourth-order valence-corrected chi connectivity index (χ4v) is 3.04. The summed E-state index contributed by atoms with van der Waals surface area (Å²) in [5.74, 6) is 1.49. The number of carbonyl (C=O) groups excluding carboxylic acids is 1. The molecular formula is C22H27NO4. The molecule has 0 saturated carbocycles. The third-order valence-electron chi connectivity index (χ3n) is 4.62. The zero-order chi connectivity index (χ0) is 19.1. The lowest BCUT2D eigenvalue weighted by Crippen LogP contribution is -2.40. The molecule has 5 nitrogen and oxygen atoms in total. The third-order valence-corrected chi connectivity index (χ3v) is 4.62. The van der Waals surface area contributed by atoms with Crippen LogP contribution in [0.25, 0.3) is 0 Å². The summed E-state index contributed by atoms with van der Waals surface area (Å²) in [5.41, 5.74) is 1.77. The van der Waals surface area contributed by atoms with Gasteiger partial charge in [0.25, 0.3) is 0 Å². The number of nitrogens with one attached hydrogen (secondary N) is 1. The van der Waals surface area contributed by atoms with E-state index in [1.54, 1.807) is 0 Å². The lowest BCUT2D eigenvalue weighted by atomic mass is 9.93. The Bertz CT molecular complexity index is 758. The van der Waals surface area contributed by atoms with Gasteiger partial charge in [-0.15, -0.1) is 0 Å². The van der Waals surface area contributed by atoms with Gasteiger partial charge in [-0.1, -0.05) is 36.4 Å². The molecule has 27 heavy (non-hydrogen) atoms. The molecule has 3 rings (SSSR count). The quantitative estimate of drug-likeness (QED) is 0.683. The minimum Gasteiger partial charge on any atom is -0.454 e. The van der Waals surface area contributed by atoms with Crippen molar-refractivity contribution in [2.45, 2.75) is 38.6 Å². The Labute approximate surface area is 160 Å². The molecule has 0 spiro atoms. The van der Waals surface area contributed by atoms with E-state index in [2.05, 4.69) is 17.4 Å². The van der Waals surface area contributed by atoms with E-state index in [-0.39, 0.29) is 12.7 Å². The first-order valence-corrected chi connectivity index (χ1v) is 9.37. The van der Waals surface area contributed by atoms with Crippen LogP contribution in [-0.4, -0.2) is 25.9 Å². The van der Waals surface area contributed by atoms with E-state index < -0.39 is 5.54 Å². The highest BCUT2D eigenvalue weighted by atomic mass is 16.7. The number of rotatable bonds is 9. The first-order valence-electron chi connectivity index (χ1n) is 9.37. The van der Waals surface area contributed by atoms with Crippen molar-refractivity contribution in [3.8, 4) is 11.5 Å². The van der Waals surface area contributed by atoms with Crippen LogP contribution < -0.4 is 14.8 Å². The van der Waals surface area contributed by atoms with E-state index in [1.807, 2.05) is 50.2 Å². The van der Waals surface area contributed by atoms with E-state index >= 15 is 0 Å².